The van der Waals surface area contributed by atoms with Gasteiger partial charge < -0.3 is 19.7 Å². The second-order valence-corrected chi connectivity index (χ2v) is 7.37. The Morgan fingerprint density at radius 1 is 1.38 bits per heavy atom. The van der Waals surface area contributed by atoms with Gasteiger partial charge in [0.15, 0.2) is 0 Å². The molecule has 2 fully saturated rings. The summed E-state index contributed by atoms with van der Waals surface area (Å²) in [5, 5.41) is 3.55. The van der Waals surface area contributed by atoms with Crippen LogP contribution in [0.25, 0.3) is 0 Å². The van der Waals surface area contributed by atoms with E-state index in [-0.39, 0.29) is 36.5 Å². The van der Waals surface area contributed by atoms with Crippen LogP contribution < -0.4 is 5.32 Å². The zero-order valence-corrected chi connectivity index (χ0v) is 15.9. The molecule has 2 aliphatic heterocycles. The summed E-state index contributed by atoms with van der Waals surface area (Å²) >= 11 is 6.18. The number of nitrogens with zero attached hydrogens (tertiary/aromatic N) is 1. The number of benzene rings is 1. The third-order valence-corrected chi connectivity index (χ3v) is 5.58. The highest BCUT2D eigenvalue weighted by molar-refractivity contribution is 6.31. The number of nitrogens with one attached hydrogen (secondary N) is 1. The molecular formula is C19H25ClN2O4. The lowest BCUT2D eigenvalue weighted by Gasteiger charge is -2.46. The van der Waals surface area contributed by atoms with Gasteiger partial charge in [0.2, 0.25) is 5.91 Å². The Morgan fingerprint density at radius 3 is 2.96 bits per heavy atom. The molecule has 2 aliphatic rings. The van der Waals surface area contributed by atoms with Crippen molar-refractivity contribution in [1.82, 2.24) is 10.2 Å². The van der Waals surface area contributed by atoms with Crippen molar-refractivity contribution in [2.75, 3.05) is 33.4 Å². The van der Waals surface area contributed by atoms with Crippen LogP contribution in [0.3, 0.4) is 0 Å². The molecule has 7 heteroatoms. The van der Waals surface area contributed by atoms with Gasteiger partial charge in [0.05, 0.1) is 12.1 Å². The van der Waals surface area contributed by atoms with Crippen molar-refractivity contribution in [2.24, 2.45) is 5.92 Å². The fourth-order valence-electron chi connectivity index (χ4n) is 3.89. The number of carbonyl (C=O) groups excluding carboxylic acids is 2. The Morgan fingerprint density at radius 2 is 2.19 bits per heavy atom. The van der Waals surface area contributed by atoms with Crippen LogP contribution in [0.1, 0.15) is 28.8 Å². The monoisotopic (exact) mass is 380 g/mol. The van der Waals surface area contributed by atoms with Gasteiger partial charge in [0.25, 0.3) is 5.91 Å². The van der Waals surface area contributed by atoms with Crippen LogP contribution in [0.4, 0.5) is 0 Å². The highest BCUT2D eigenvalue weighted by atomic mass is 35.5. The molecule has 1 N–H and O–H groups in total. The number of rotatable bonds is 4. The first-order valence-electron chi connectivity index (χ1n) is 8.95. The molecule has 2 heterocycles. The van der Waals surface area contributed by atoms with Crippen molar-refractivity contribution in [3.05, 3.63) is 34.3 Å². The predicted molar refractivity (Wildman–Crippen MR) is 98.4 cm³/mol. The molecule has 0 aliphatic carbocycles. The number of methoxy groups -OCH3 is 1. The largest absolute Gasteiger partial charge is 0.376 e. The van der Waals surface area contributed by atoms with Crippen molar-refractivity contribution in [3.63, 3.8) is 0 Å². The number of halogens is 1. The van der Waals surface area contributed by atoms with Gasteiger partial charge in [-0.2, -0.15) is 0 Å². The Labute approximate surface area is 158 Å². The summed E-state index contributed by atoms with van der Waals surface area (Å²) in [5.41, 5.74) is 1.38. The Balaban J connectivity index is 1.80. The van der Waals surface area contributed by atoms with E-state index >= 15 is 0 Å². The van der Waals surface area contributed by atoms with Gasteiger partial charge in [-0.1, -0.05) is 17.7 Å². The smallest absolute Gasteiger partial charge is 0.254 e. The first kappa shape index (κ1) is 19.1. The number of hydrogen-bond acceptors (Lipinski definition) is 4. The zero-order chi connectivity index (χ0) is 18.7. The summed E-state index contributed by atoms with van der Waals surface area (Å²) in [6.07, 6.45) is 1.90. The molecular weight excluding hydrogens is 356 g/mol. The van der Waals surface area contributed by atoms with Gasteiger partial charge in [-0.25, -0.2) is 0 Å². The topological polar surface area (TPSA) is 67.9 Å². The summed E-state index contributed by atoms with van der Waals surface area (Å²) in [7, 11) is 1.48. The molecule has 1 aromatic rings. The van der Waals surface area contributed by atoms with Crippen LogP contribution in [-0.2, 0) is 14.3 Å². The van der Waals surface area contributed by atoms with E-state index in [0.29, 0.717) is 30.3 Å². The summed E-state index contributed by atoms with van der Waals surface area (Å²) in [6, 6.07) is 5.13. The standard InChI is InChI=1S/C19H25ClN2O4/c1-12-14(6-3-7-15(12)20)19(24)22-9-13-5-4-8-26-18(13)16(10-22)21-17(23)11-25-2/h3,6-7,13,16,18H,4-5,8-11H2,1-2H3,(H,21,23)/t13-,16+,18-/m0/s1. The summed E-state index contributed by atoms with van der Waals surface area (Å²) in [6.45, 7) is 3.59. The van der Waals surface area contributed by atoms with Crippen LogP contribution in [-0.4, -0.2) is 62.3 Å². The van der Waals surface area contributed by atoms with Crippen LogP contribution in [0.2, 0.25) is 5.02 Å². The van der Waals surface area contributed by atoms with E-state index in [1.165, 1.54) is 7.11 Å². The lowest BCUT2D eigenvalue weighted by Crippen LogP contribution is -2.62. The lowest BCUT2D eigenvalue weighted by molar-refractivity contribution is -0.130. The molecule has 2 amide bonds. The highest BCUT2D eigenvalue weighted by Crippen LogP contribution is 2.30. The minimum absolute atomic E-state index is 0.00473. The van der Waals surface area contributed by atoms with Crippen LogP contribution in [0.5, 0.6) is 0 Å². The lowest BCUT2D eigenvalue weighted by atomic mass is 9.85. The molecule has 3 rings (SSSR count). The fourth-order valence-corrected chi connectivity index (χ4v) is 4.06. The molecule has 0 saturated carbocycles. The Hall–Kier alpha value is -1.63. The normalized spacial score (nSPS) is 25.5. The summed E-state index contributed by atoms with van der Waals surface area (Å²) < 4.78 is 10.8. The van der Waals surface area contributed by atoms with Crippen LogP contribution in [0, 0.1) is 12.8 Å². The van der Waals surface area contributed by atoms with E-state index in [1.807, 2.05) is 11.8 Å². The summed E-state index contributed by atoms with van der Waals surface area (Å²) in [4.78, 5) is 26.9. The number of piperidine rings is 1. The van der Waals surface area contributed by atoms with Gasteiger partial charge in [-0.05, 0) is 37.5 Å². The first-order chi connectivity index (χ1) is 12.5. The van der Waals surface area contributed by atoms with Crippen molar-refractivity contribution in [2.45, 2.75) is 31.9 Å². The molecule has 0 aromatic heterocycles. The molecule has 142 valence electrons. The molecule has 3 atom stereocenters. The van der Waals surface area contributed by atoms with Crippen LogP contribution >= 0.6 is 11.6 Å². The number of ether oxygens (including phenoxy) is 2. The van der Waals surface area contributed by atoms with Gasteiger partial charge in [0, 0.05) is 43.3 Å². The van der Waals surface area contributed by atoms with Gasteiger partial charge >= 0.3 is 0 Å². The van der Waals surface area contributed by atoms with Crippen molar-refractivity contribution < 1.29 is 19.1 Å². The SMILES string of the molecule is COCC(=O)N[C@@H]1CN(C(=O)c2cccc(Cl)c2C)C[C@@H]2CCCO[C@@H]21. The van der Waals surface area contributed by atoms with E-state index in [1.54, 1.807) is 18.2 Å². The average Bonchev–Trinajstić information content (AvgIpc) is 2.63. The number of amides is 2. The van der Waals surface area contributed by atoms with Crippen molar-refractivity contribution in [1.29, 1.82) is 0 Å². The minimum atomic E-state index is -0.236. The highest BCUT2D eigenvalue weighted by Gasteiger charge is 2.41. The molecule has 1 aromatic carbocycles. The molecule has 0 bridgehead atoms. The first-order valence-corrected chi connectivity index (χ1v) is 9.33. The second kappa shape index (κ2) is 8.37. The maximum absolute atomic E-state index is 13.1. The van der Waals surface area contributed by atoms with Gasteiger partial charge in [-0.3, -0.25) is 9.59 Å². The number of fused-ring (bicyclic) bond motifs is 1. The van der Waals surface area contributed by atoms with Crippen molar-refractivity contribution in [3.8, 4) is 0 Å². The summed E-state index contributed by atoms with van der Waals surface area (Å²) in [5.74, 6) is -0.0348. The predicted octanol–water partition coefficient (Wildman–Crippen LogP) is 2.03. The number of likely N-dealkylation sites (tertiary alicyclic amines) is 1. The van der Waals surface area contributed by atoms with E-state index in [4.69, 9.17) is 21.1 Å². The van der Waals surface area contributed by atoms with E-state index in [2.05, 4.69) is 5.32 Å². The van der Waals surface area contributed by atoms with Gasteiger partial charge in [-0.15, -0.1) is 0 Å². The third-order valence-electron chi connectivity index (χ3n) is 5.17. The zero-order valence-electron chi connectivity index (χ0n) is 15.2. The maximum atomic E-state index is 13.1. The Bertz CT molecular complexity index is 682. The van der Waals surface area contributed by atoms with E-state index < -0.39 is 0 Å². The quantitative estimate of drug-likeness (QED) is 0.867. The average molecular weight is 381 g/mol. The van der Waals surface area contributed by atoms with Gasteiger partial charge in [0.1, 0.15) is 6.61 Å². The second-order valence-electron chi connectivity index (χ2n) is 6.97. The molecule has 0 spiro atoms. The minimum Gasteiger partial charge on any atom is -0.376 e. The maximum Gasteiger partial charge on any atom is 0.254 e. The molecule has 2 saturated heterocycles. The molecule has 6 nitrogen and oxygen atoms in total. The van der Waals surface area contributed by atoms with Crippen molar-refractivity contribution >= 4 is 23.4 Å². The third kappa shape index (κ3) is 4.03. The molecule has 0 unspecified atom stereocenters. The number of carbonyl (C=O) groups is 2. The van der Waals surface area contributed by atoms with E-state index in [0.717, 1.165) is 18.4 Å². The van der Waals surface area contributed by atoms with Crippen LogP contribution in [0.15, 0.2) is 18.2 Å². The number of hydrogen-bond donors (Lipinski definition) is 1. The molecule has 0 radical (unpaired) electrons. The Kier molecular flexibility index (Phi) is 6.16. The van der Waals surface area contributed by atoms with E-state index in [9.17, 15) is 9.59 Å². The molecule has 26 heavy (non-hydrogen) atoms. The fraction of sp³-hybridized carbons (Fsp3) is 0.579.